The molecule has 1 saturated heterocycles. The van der Waals surface area contributed by atoms with Crippen LogP contribution in [-0.2, 0) is 6.54 Å². The third-order valence-electron chi connectivity index (χ3n) is 6.73. The van der Waals surface area contributed by atoms with Crippen molar-refractivity contribution < 1.29 is 14.3 Å². The van der Waals surface area contributed by atoms with Gasteiger partial charge in [0.15, 0.2) is 11.5 Å². The SMILES string of the molecule is O=C(c1cnc(C2CC2)o1)N1CCC(O)(Cn2cnc3c(cnn3-c3ccc(Br)cc3)c2=O)CC1. The molecule has 0 radical (unpaired) electrons. The lowest BCUT2D eigenvalue weighted by Gasteiger charge is -2.38. The number of hydrogen-bond donors (Lipinski definition) is 1. The molecular weight excluding hydrogens is 516 g/mol. The van der Waals surface area contributed by atoms with E-state index in [1.807, 2.05) is 24.3 Å². The van der Waals surface area contributed by atoms with Gasteiger partial charge in [-0.3, -0.25) is 14.2 Å². The summed E-state index contributed by atoms with van der Waals surface area (Å²) in [6.45, 7) is 0.815. The van der Waals surface area contributed by atoms with Crippen LogP contribution < -0.4 is 5.56 Å². The zero-order chi connectivity index (χ0) is 24.2. The first kappa shape index (κ1) is 22.2. The van der Waals surface area contributed by atoms with Gasteiger partial charge in [0.2, 0.25) is 5.76 Å². The first-order valence-electron chi connectivity index (χ1n) is 11.6. The van der Waals surface area contributed by atoms with Crippen LogP contribution in [-0.4, -0.2) is 58.9 Å². The largest absolute Gasteiger partial charge is 0.435 e. The first-order chi connectivity index (χ1) is 16.9. The molecule has 0 spiro atoms. The van der Waals surface area contributed by atoms with E-state index in [1.165, 1.54) is 23.3 Å². The Morgan fingerprint density at radius 1 is 1.14 bits per heavy atom. The van der Waals surface area contributed by atoms with Gasteiger partial charge in [0.05, 0.1) is 30.2 Å². The standard InChI is InChI=1S/C24H23BrN6O4/c25-16-3-5-17(6-4-16)31-20-18(11-28-31)22(32)30(14-27-20)13-24(34)7-9-29(10-8-24)23(33)19-12-26-21(35-19)15-1-2-15/h3-6,11-12,14-15,34H,1-2,7-10,13H2. The summed E-state index contributed by atoms with van der Waals surface area (Å²) < 4.78 is 9.62. The lowest BCUT2D eigenvalue weighted by molar-refractivity contribution is -0.0304. The van der Waals surface area contributed by atoms with E-state index in [4.69, 9.17) is 4.42 Å². The van der Waals surface area contributed by atoms with Gasteiger partial charge in [-0.15, -0.1) is 0 Å². The van der Waals surface area contributed by atoms with E-state index in [2.05, 4.69) is 31.0 Å². The van der Waals surface area contributed by atoms with E-state index >= 15 is 0 Å². The molecule has 1 aromatic carbocycles. The number of carbonyl (C=O) groups is 1. The summed E-state index contributed by atoms with van der Waals surface area (Å²) >= 11 is 3.41. The van der Waals surface area contributed by atoms with Crippen LogP contribution >= 0.6 is 15.9 Å². The Labute approximate surface area is 208 Å². The number of fused-ring (bicyclic) bond motifs is 1. The van der Waals surface area contributed by atoms with Crippen molar-refractivity contribution in [2.24, 2.45) is 0 Å². The van der Waals surface area contributed by atoms with Gasteiger partial charge in [-0.1, -0.05) is 15.9 Å². The van der Waals surface area contributed by atoms with Crippen LogP contribution in [0.4, 0.5) is 0 Å². The monoisotopic (exact) mass is 538 g/mol. The molecular formula is C24H23BrN6O4. The van der Waals surface area contributed by atoms with E-state index in [0.717, 1.165) is 23.0 Å². The smallest absolute Gasteiger partial charge is 0.291 e. The second kappa shape index (κ2) is 8.42. The van der Waals surface area contributed by atoms with E-state index < -0.39 is 5.60 Å². The molecule has 180 valence electrons. The van der Waals surface area contributed by atoms with E-state index in [9.17, 15) is 14.7 Å². The Morgan fingerprint density at radius 2 is 1.89 bits per heavy atom. The number of likely N-dealkylation sites (tertiary alicyclic amines) is 1. The normalized spacial score (nSPS) is 17.7. The van der Waals surface area contributed by atoms with Crippen molar-refractivity contribution >= 4 is 32.9 Å². The molecule has 6 rings (SSSR count). The Balaban J connectivity index is 1.16. The summed E-state index contributed by atoms with van der Waals surface area (Å²) in [4.78, 5) is 36.3. The van der Waals surface area contributed by atoms with Crippen molar-refractivity contribution in [1.82, 2.24) is 29.2 Å². The van der Waals surface area contributed by atoms with Crippen LogP contribution in [0.2, 0.25) is 0 Å². The zero-order valence-electron chi connectivity index (χ0n) is 18.8. The molecule has 11 heteroatoms. The van der Waals surface area contributed by atoms with Crippen LogP contribution in [0.3, 0.4) is 0 Å². The summed E-state index contributed by atoms with van der Waals surface area (Å²) in [6, 6.07) is 7.55. The maximum absolute atomic E-state index is 13.1. The summed E-state index contributed by atoms with van der Waals surface area (Å²) in [5.74, 6) is 1.000. The van der Waals surface area contributed by atoms with Crippen LogP contribution in [0.5, 0.6) is 0 Å². The van der Waals surface area contributed by atoms with Gasteiger partial charge in [-0.2, -0.15) is 5.10 Å². The second-order valence-electron chi connectivity index (χ2n) is 9.30. The second-order valence-corrected chi connectivity index (χ2v) is 10.2. The number of amides is 1. The molecule has 1 aliphatic heterocycles. The van der Waals surface area contributed by atoms with Crippen molar-refractivity contribution in [3.63, 3.8) is 0 Å². The van der Waals surface area contributed by atoms with Gasteiger partial charge in [0, 0.05) is 23.5 Å². The average Bonchev–Trinajstić information content (AvgIpc) is 3.42. The molecule has 10 nitrogen and oxygen atoms in total. The third kappa shape index (κ3) is 4.19. The quantitative estimate of drug-likeness (QED) is 0.414. The molecule has 3 aromatic heterocycles. The molecule has 4 aromatic rings. The number of rotatable bonds is 5. The molecule has 0 atom stereocenters. The average molecular weight is 539 g/mol. The van der Waals surface area contributed by atoms with Crippen molar-refractivity contribution in [2.45, 2.75) is 43.7 Å². The highest BCUT2D eigenvalue weighted by molar-refractivity contribution is 9.10. The Hall–Kier alpha value is -3.31. The maximum Gasteiger partial charge on any atom is 0.291 e. The maximum atomic E-state index is 13.1. The molecule has 2 aliphatic rings. The van der Waals surface area contributed by atoms with E-state index in [1.54, 1.807) is 9.58 Å². The van der Waals surface area contributed by atoms with Gasteiger partial charge in [-0.25, -0.2) is 14.6 Å². The highest BCUT2D eigenvalue weighted by atomic mass is 79.9. The van der Waals surface area contributed by atoms with Crippen LogP contribution in [0.25, 0.3) is 16.7 Å². The number of aliphatic hydroxyl groups is 1. The van der Waals surface area contributed by atoms with Crippen molar-refractivity contribution in [1.29, 1.82) is 0 Å². The van der Waals surface area contributed by atoms with E-state index in [-0.39, 0.29) is 23.8 Å². The number of halogens is 1. The number of oxazole rings is 1. The molecule has 35 heavy (non-hydrogen) atoms. The minimum absolute atomic E-state index is 0.0917. The summed E-state index contributed by atoms with van der Waals surface area (Å²) in [5.41, 5.74) is -0.143. The molecule has 2 fully saturated rings. The number of benzene rings is 1. The predicted octanol–water partition coefficient (Wildman–Crippen LogP) is 2.88. The molecule has 4 heterocycles. The Kier molecular flexibility index (Phi) is 5.33. The van der Waals surface area contributed by atoms with Gasteiger partial charge in [0.1, 0.15) is 11.7 Å². The lowest BCUT2D eigenvalue weighted by Crippen LogP contribution is -2.49. The fourth-order valence-corrected chi connectivity index (χ4v) is 4.76. The number of aromatic nitrogens is 5. The highest BCUT2D eigenvalue weighted by Crippen LogP contribution is 2.39. The Morgan fingerprint density at radius 3 is 2.60 bits per heavy atom. The Bertz CT molecular complexity index is 1460. The number of piperidine rings is 1. The van der Waals surface area contributed by atoms with Crippen LogP contribution in [0.15, 0.2) is 56.7 Å². The first-order valence-corrected chi connectivity index (χ1v) is 12.4. The predicted molar refractivity (Wildman–Crippen MR) is 129 cm³/mol. The fourth-order valence-electron chi connectivity index (χ4n) is 4.50. The molecule has 1 amide bonds. The molecule has 1 aliphatic carbocycles. The summed E-state index contributed by atoms with van der Waals surface area (Å²) in [6.07, 6.45) is 7.22. The minimum Gasteiger partial charge on any atom is -0.435 e. The van der Waals surface area contributed by atoms with Crippen molar-refractivity contribution in [2.75, 3.05) is 13.1 Å². The van der Waals surface area contributed by atoms with Gasteiger partial charge in [-0.05, 0) is 49.9 Å². The number of hydrogen-bond acceptors (Lipinski definition) is 7. The van der Waals surface area contributed by atoms with Gasteiger partial charge in [0.25, 0.3) is 11.5 Å². The topological polar surface area (TPSA) is 119 Å². The zero-order valence-corrected chi connectivity index (χ0v) is 20.4. The molecule has 1 N–H and O–H groups in total. The van der Waals surface area contributed by atoms with Gasteiger partial charge >= 0.3 is 0 Å². The molecule has 1 saturated carbocycles. The van der Waals surface area contributed by atoms with Crippen LogP contribution in [0, 0.1) is 0 Å². The van der Waals surface area contributed by atoms with E-state index in [0.29, 0.717) is 48.8 Å². The van der Waals surface area contributed by atoms with Crippen molar-refractivity contribution in [3.05, 3.63) is 69.5 Å². The summed E-state index contributed by atoms with van der Waals surface area (Å²) in [5, 5.41) is 15.9. The minimum atomic E-state index is -1.13. The third-order valence-corrected chi connectivity index (χ3v) is 7.26. The molecule has 0 unspecified atom stereocenters. The lowest BCUT2D eigenvalue weighted by atomic mass is 9.91. The van der Waals surface area contributed by atoms with Gasteiger partial charge < -0.3 is 14.4 Å². The molecule has 0 bridgehead atoms. The highest BCUT2D eigenvalue weighted by Gasteiger charge is 2.36. The number of nitrogens with zero attached hydrogens (tertiary/aromatic N) is 6. The summed E-state index contributed by atoms with van der Waals surface area (Å²) in [7, 11) is 0. The number of carbonyl (C=O) groups excluding carboxylic acids is 1. The van der Waals surface area contributed by atoms with Crippen molar-refractivity contribution in [3.8, 4) is 5.69 Å². The fraction of sp³-hybridized carbons (Fsp3) is 0.375. The van der Waals surface area contributed by atoms with Crippen LogP contribution in [0.1, 0.15) is 48.0 Å².